The number of primary amides is 1. The molecule has 1 aromatic heterocycles. The summed E-state index contributed by atoms with van der Waals surface area (Å²) >= 11 is 0. The summed E-state index contributed by atoms with van der Waals surface area (Å²) in [5.41, 5.74) is 6.28. The van der Waals surface area contributed by atoms with Crippen molar-refractivity contribution in [2.75, 3.05) is 0 Å². The van der Waals surface area contributed by atoms with Crippen LogP contribution in [0.15, 0.2) is 12.5 Å². The Labute approximate surface area is 95.0 Å². The van der Waals surface area contributed by atoms with Crippen LogP contribution in [0.5, 0.6) is 0 Å². The third-order valence-electron chi connectivity index (χ3n) is 2.88. The molecule has 0 radical (unpaired) electrons. The summed E-state index contributed by atoms with van der Waals surface area (Å²) in [6, 6.07) is 0.394. The second-order valence-electron chi connectivity index (χ2n) is 4.29. The van der Waals surface area contributed by atoms with Gasteiger partial charge in [-0.2, -0.15) is 0 Å². The van der Waals surface area contributed by atoms with Crippen molar-refractivity contribution in [1.82, 2.24) is 14.9 Å². The van der Waals surface area contributed by atoms with E-state index >= 15 is 0 Å². The highest BCUT2D eigenvalue weighted by atomic mass is 16.1. The van der Waals surface area contributed by atoms with Crippen LogP contribution in [0.1, 0.15) is 37.9 Å². The fraction of sp³-hybridized carbons (Fsp3) is 0.636. The van der Waals surface area contributed by atoms with Crippen molar-refractivity contribution >= 4 is 5.91 Å². The normalized spacial score (nSPS) is 17.3. The second kappa shape index (κ2) is 4.65. The number of nitrogens with two attached hydrogens (primary N) is 1. The minimum absolute atomic E-state index is 0.276. The van der Waals surface area contributed by atoms with Crippen molar-refractivity contribution in [3.05, 3.63) is 18.2 Å². The lowest BCUT2D eigenvalue weighted by Crippen LogP contribution is -2.25. The molecule has 0 aromatic carbocycles. The highest BCUT2D eigenvalue weighted by Crippen LogP contribution is 2.19. The Morgan fingerprint density at radius 2 is 2.50 bits per heavy atom. The molecule has 0 spiro atoms. The Balaban J connectivity index is 1.96. The van der Waals surface area contributed by atoms with Crippen LogP contribution in [0.3, 0.4) is 0 Å². The van der Waals surface area contributed by atoms with Gasteiger partial charge in [-0.25, -0.2) is 4.98 Å². The van der Waals surface area contributed by atoms with Crippen molar-refractivity contribution in [3.63, 3.8) is 0 Å². The van der Waals surface area contributed by atoms with Gasteiger partial charge in [-0.05, 0) is 19.3 Å². The van der Waals surface area contributed by atoms with Crippen LogP contribution in [0.2, 0.25) is 0 Å². The van der Waals surface area contributed by atoms with E-state index in [-0.39, 0.29) is 11.9 Å². The molecule has 1 unspecified atom stereocenters. The van der Waals surface area contributed by atoms with Crippen LogP contribution in [0, 0.1) is 0 Å². The van der Waals surface area contributed by atoms with Crippen molar-refractivity contribution < 1.29 is 4.79 Å². The molecule has 1 aliphatic carbocycles. The molecule has 1 heterocycles. The third-order valence-corrected chi connectivity index (χ3v) is 2.88. The molecule has 1 amide bonds. The van der Waals surface area contributed by atoms with Crippen molar-refractivity contribution in [3.8, 4) is 0 Å². The van der Waals surface area contributed by atoms with Crippen LogP contribution in [-0.2, 0) is 11.3 Å². The van der Waals surface area contributed by atoms with E-state index in [1.54, 1.807) is 10.9 Å². The summed E-state index contributed by atoms with van der Waals surface area (Å²) in [6.45, 7) is 2.71. The number of nitrogens with one attached hydrogen (secondary N) is 1. The summed E-state index contributed by atoms with van der Waals surface area (Å²) in [7, 11) is 0. The Morgan fingerprint density at radius 1 is 1.75 bits per heavy atom. The minimum atomic E-state index is -0.304. The number of carbonyl (C=O) groups is 1. The maximum Gasteiger partial charge on any atom is 0.240 e. The number of amides is 1. The number of nitrogens with zero attached hydrogens (tertiary/aromatic N) is 2. The number of rotatable bonds is 6. The topological polar surface area (TPSA) is 72.9 Å². The van der Waals surface area contributed by atoms with Gasteiger partial charge in [-0.1, -0.05) is 6.92 Å². The van der Waals surface area contributed by atoms with E-state index < -0.39 is 0 Å². The summed E-state index contributed by atoms with van der Waals surface area (Å²) in [4.78, 5) is 15.4. The molecule has 5 nitrogen and oxygen atoms in total. The van der Waals surface area contributed by atoms with E-state index in [1.807, 2.05) is 13.1 Å². The fourth-order valence-corrected chi connectivity index (χ4v) is 1.74. The predicted molar refractivity (Wildman–Crippen MR) is 60.6 cm³/mol. The molecular formula is C11H18N4O. The van der Waals surface area contributed by atoms with Crippen LogP contribution in [-0.4, -0.2) is 21.5 Å². The Hall–Kier alpha value is -1.36. The van der Waals surface area contributed by atoms with Gasteiger partial charge in [-0.3, -0.25) is 4.79 Å². The van der Waals surface area contributed by atoms with E-state index in [4.69, 9.17) is 5.73 Å². The molecule has 88 valence electrons. The first-order chi connectivity index (χ1) is 7.70. The number of imidazole rings is 1. The van der Waals surface area contributed by atoms with Gasteiger partial charge in [0.25, 0.3) is 0 Å². The monoisotopic (exact) mass is 222 g/mol. The molecule has 5 heteroatoms. The van der Waals surface area contributed by atoms with Crippen LogP contribution >= 0.6 is 0 Å². The van der Waals surface area contributed by atoms with Gasteiger partial charge in [-0.15, -0.1) is 0 Å². The molecule has 1 atom stereocenters. The molecule has 0 bridgehead atoms. The quantitative estimate of drug-likeness (QED) is 0.739. The van der Waals surface area contributed by atoms with E-state index in [1.165, 1.54) is 12.8 Å². The van der Waals surface area contributed by atoms with Gasteiger partial charge in [0.05, 0.1) is 12.0 Å². The highest BCUT2D eigenvalue weighted by molar-refractivity contribution is 5.78. The SMILES string of the molecule is CCC(C(N)=O)n1cnc(CNC2CC2)c1. The molecule has 1 fully saturated rings. The molecule has 0 aliphatic heterocycles. The molecule has 1 saturated carbocycles. The fourth-order valence-electron chi connectivity index (χ4n) is 1.74. The van der Waals surface area contributed by atoms with E-state index in [9.17, 15) is 4.79 Å². The molecule has 3 N–H and O–H groups in total. The highest BCUT2D eigenvalue weighted by Gasteiger charge is 2.21. The van der Waals surface area contributed by atoms with Crippen LogP contribution in [0.4, 0.5) is 0 Å². The van der Waals surface area contributed by atoms with Gasteiger partial charge in [0.1, 0.15) is 6.04 Å². The number of aromatic nitrogens is 2. The van der Waals surface area contributed by atoms with Gasteiger partial charge in [0, 0.05) is 18.8 Å². The van der Waals surface area contributed by atoms with Crippen molar-refractivity contribution in [2.24, 2.45) is 5.73 Å². The Morgan fingerprint density at radius 3 is 3.06 bits per heavy atom. The summed E-state index contributed by atoms with van der Waals surface area (Å²) in [5.74, 6) is -0.304. The third kappa shape index (κ3) is 2.61. The first-order valence-electron chi connectivity index (χ1n) is 5.75. The average molecular weight is 222 g/mol. The molecule has 1 aromatic rings. The Kier molecular flexibility index (Phi) is 3.24. The lowest BCUT2D eigenvalue weighted by Gasteiger charge is -2.11. The predicted octanol–water partition coefficient (Wildman–Crippen LogP) is 0.571. The molecule has 1 aliphatic rings. The van der Waals surface area contributed by atoms with E-state index in [0.29, 0.717) is 12.5 Å². The Bertz CT molecular complexity index is 370. The van der Waals surface area contributed by atoms with E-state index in [2.05, 4.69) is 10.3 Å². The first-order valence-corrected chi connectivity index (χ1v) is 5.75. The van der Waals surface area contributed by atoms with Crippen molar-refractivity contribution in [2.45, 2.75) is 44.8 Å². The summed E-state index contributed by atoms with van der Waals surface area (Å²) in [5, 5.41) is 3.38. The van der Waals surface area contributed by atoms with Crippen LogP contribution in [0.25, 0.3) is 0 Å². The van der Waals surface area contributed by atoms with Gasteiger partial charge in [0.2, 0.25) is 5.91 Å². The average Bonchev–Trinajstić information content (AvgIpc) is 2.96. The number of hydrogen-bond acceptors (Lipinski definition) is 3. The molecular weight excluding hydrogens is 204 g/mol. The lowest BCUT2D eigenvalue weighted by atomic mass is 10.2. The maximum atomic E-state index is 11.2. The zero-order chi connectivity index (χ0) is 11.5. The standard InChI is InChI=1S/C11H18N4O/c1-2-10(11(12)16)15-6-9(14-7-15)5-13-8-3-4-8/h6-8,10,13H,2-5H2,1H3,(H2,12,16). The summed E-state index contributed by atoms with van der Waals surface area (Å²) in [6.07, 6.45) is 6.80. The van der Waals surface area contributed by atoms with Gasteiger partial charge >= 0.3 is 0 Å². The van der Waals surface area contributed by atoms with Gasteiger partial charge < -0.3 is 15.6 Å². The zero-order valence-electron chi connectivity index (χ0n) is 9.52. The maximum absolute atomic E-state index is 11.2. The smallest absolute Gasteiger partial charge is 0.240 e. The van der Waals surface area contributed by atoms with Gasteiger partial charge in [0.15, 0.2) is 0 Å². The second-order valence-corrected chi connectivity index (χ2v) is 4.29. The molecule has 16 heavy (non-hydrogen) atoms. The minimum Gasteiger partial charge on any atom is -0.368 e. The van der Waals surface area contributed by atoms with Crippen molar-refractivity contribution in [1.29, 1.82) is 0 Å². The summed E-state index contributed by atoms with van der Waals surface area (Å²) < 4.78 is 1.80. The molecule has 0 saturated heterocycles. The van der Waals surface area contributed by atoms with E-state index in [0.717, 1.165) is 12.2 Å². The number of carbonyl (C=O) groups excluding carboxylic acids is 1. The molecule has 2 rings (SSSR count). The largest absolute Gasteiger partial charge is 0.368 e. The number of hydrogen-bond donors (Lipinski definition) is 2. The first kappa shape index (κ1) is 11.1. The zero-order valence-corrected chi connectivity index (χ0v) is 9.52. The lowest BCUT2D eigenvalue weighted by molar-refractivity contribution is -0.121. The van der Waals surface area contributed by atoms with Crippen LogP contribution < -0.4 is 11.1 Å².